The van der Waals surface area contributed by atoms with Crippen molar-refractivity contribution in [2.75, 3.05) is 13.7 Å². The van der Waals surface area contributed by atoms with Crippen LogP contribution in [0.5, 0.6) is 0 Å². The number of hydrogen-bond acceptors (Lipinski definition) is 2. The van der Waals surface area contributed by atoms with Gasteiger partial charge in [0, 0.05) is 7.11 Å². The number of ether oxygens (including phenoxy) is 1. The van der Waals surface area contributed by atoms with Crippen LogP contribution in [0.25, 0.3) is 0 Å². The van der Waals surface area contributed by atoms with Crippen molar-refractivity contribution in [2.45, 2.75) is 58.0 Å². The maximum Gasteiger partial charge on any atom is 0.0930 e. The van der Waals surface area contributed by atoms with Crippen molar-refractivity contribution in [1.29, 1.82) is 0 Å². The molecule has 1 aliphatic carbocycles. The van der Waals surface area contributed by atoms with Crippen LogP contribution in [0.2, 0.25) is 0 Å². The normalized spacial score (nSPS) is 23.8. The van der Waals surface area contributed by atoms with Gasteiger partial charge in [-0.3, -0.25) is 0 Å². The molecular formula is C13H26O2. The standard InChI is InChI=1S/C13H26O2/c1-11(2)13(14,10-15-3)12-8-6-4-5-7-9-12/h11-12,14H,4-10H2,1-3H3. The van der Waals surface area contributed by atoms with E-state index in [1.807, 2.05) is 0 Å². The lowest BCUT2D eigenvalue weighted by atomic mass is 9.75. The summed E-state index contributed by atoms with van der Waals surface area (Å²) in [5, 5.41) is 10.7. The first-order chi connectivity index (χ1) is 7.11. The predicted molar refractivity (Wildman–Crippen MR) is 62.9 cm³/mol. The van der Waals surface area contributed by atoms with Gasteiger partial charge in [-0.2, -0.15) is 0 Å². The largest absolute Gasteiger partial charge is 0.387 e. The van der Waals surface area contributed by atoms with Crippen molar-refractivity contribution in [3.05, 3.63) is 0 Å². The lowest BCUT2D eigenvalue weighted by Gasteiger charge is -2.39. The van der Waals surface area contributed by atoms with Gasteiger partial charge in [0.2, 0.25) is 0 Å². The molecule has 1 fully saturated rings. The van der Waals surface area contributed by atoms with Gasteiger partial charge in [-0.05, 0) is 24.7 Å². The first kappa shape index (κ1) is 13.0. The molecule has 1 atom stereocenters. The quantitative estimate of drug-likeness (QED) is 0.729. The molecule has 1 N–H and O–H groups in total. The van der Waals surface area contributed by atoms with Crippen LogP contribution in [0, 0.1) is 11.8 Å². The van der Waals surface area contributed by atoms with E-state index in [2.05, 4.69) is 13.8 Å². The Labute approximate surface area is 94.0 Å². The molecule has 0 bridgehead atoms. The summed E-state index contributed by atoms with van der Waals surface area (Å²) in [5.74, 6) is 0.709. The second kappa shape index (κ2) is 5.86. The number of aliphatic hydroxyl groups is 1. The molecule has 15 heavy (non-hydrogen) atoms. The van der Waals surface area contributed by atoms with Gasteiger partial charge in [0.1, 0.15) is 0 Å². The predicted octanol–water partition coefficient (Wildman–Crippen LogP) is 2.99. The highest BCUT2D eigenvalue weighted by atomic mass is 16.5. The van der Waals surface area contributed by atoms with Crippen molar-refractivity contribution in [2.24, 2.45) is 11.8 Å². The molecule has 1 aliphatic rings. The van der Waals surface area contributed by atoms with Gasteiger partial charge in [0.15, 0.2) is 0 Å². The third-order valence-corrected chi connectivity index (χ3v) is 3.94. The van der Waals surface area contributed by atoms with E-state index in [4.69, 9.17) is 4.74 Å². The average Bonchev–Trinajstić information content (AvgIpc) is 2.45. The van der Waals surface area contributed by atoms with Crippen LogP contribution in [0.15, 0.2) is 0 Å². The van der Waals surface area contributed by atoms with E-state index in [-0.39, 0.29) is 5.92 Å². The fourth-order valence-electron chi connectivity index (χ4n) is 2.77. The van der Waals surface area contributed by atoms with Crippen LogP contribution in [-0.4, -0.2) is 24.4 Å². The summed E-state index contributed by atoms with van der Waals surface area (Å²) in [6.45, 7) is 4.68. The molecule has 0 aromatic rings. The van der Waals surface area contributed by atoms with Crippen LogP contribution in [0.1, 0.15) is 52.4 Å². The fourth-order valence-corrected chi connectivity index (χ4v) is 2.77. The summed E-state index contributed by atoms with van der Waals surface area (Å²) >= 11 is 0. The Bertz CT molecular complexity index is 171. The topological polar surface area (TPSA) is 29.5 Å². The van der Waals surface area contributed by atoms with Gasteiger partial charge in [-0.25, -0.2) is 0 Å². The Morgan fingerprint density at radius 2 is 1.73 bits per heavy atom. The van der Waals surface area contributed by atoms with Gasteiger partial charge in [-0.15, -0.1) is 0 Å². The fraction of sp³-hybridized carbons (Fsp3) is 1.00. The molecule has 0 aromatic carbocycles. The minimum Gasteiger partial charge on any atom is -0.387 e. The molecule has 1 rings (SSSR count). The Morgan fingerprint density at radius 3 is 2.13 bits per heavy atom. The van der Waals surface area contributed by atoms with Crippen LogP contribution in [0.3, 0.4) is 0 Å². The van der Waals surface area contributed by atoms with E-state index in [0.717, 1.165) is 12.8 Å². The summed E-state index contributed by atoms with van der Waals surface area (Å²) in [4.78, 5) is 0. The van der Waals surface area contributed by atoms with Crippen molar-refractivity contribution in [3.63, 3.8) is 0 Å². The van der Waals surface area contributed by atoms with E-state index in [1.165, 1.54) is 25.7 Å². The van der Waals surface area contributed by atoms with Crippen LogP contribution in [0.4, 0.5) is 0 Å². The van der Waals surface area contributed by atoms with Crippen molar-refractivity contribution >= 4 is 0 Å². The van der Waals surface area contributed by atoms with E-state index in [1.54, 1.807) is 7.11 Å². The SMILES string of the molecule is COCC(O)(C(C)C)C1CCCCCC1. The Hall–Kier alpha value is -0.0800. The molecule has 0 radical (unpaired) electrons. The van der Waals surface area contributed by atoms with Gasteiger partial charge in [0.25, 0.3) is 0 Å². The number of hydrogen-bond donors (Lipinski definition) is 1. The molecule has 0 amide bonds. The molecular weight excluding hydrogens is 188 g/mol. The third kappa shape index (κ3) is 3.18. The summed E-state index contributed by atoms with van der Waals surface area (Å²) in [7, 11) is 1.68. The van der Waals surface area contributed by atoms with E-state index in [9.17, 15) is 5.11 Å². The number of methoxy groups -OCH3 is 1. The number of rotatable bonds is 4. The van der Waals surface area contributed by atoms with Crippen molar-refractivity contribution in [1.82, 2.24) is 0 Å². The zero-order valence-corrected chi connectivity index (χ0v) is 10.5. The first-order valence-corrected chi connectivity index (χ1v) is 6.32. The Kier molecular flexibility index (Phi) is 5.07. The van der Waals surface area contributed by atoms with Crippen molar-refractivity contribution in [3.8, 4) is 0 Å². The average molecular weight is 214 g/mol. The highest BCUT2D eigenvalue weighted by Gasteiger charge is 2.39. The summed E-state index contributed by atoms with van der Waals surface area (Å²) in [5.41, 5.74) is -0.612. The summed E-state index contributed by atoms with van der Waals surface area (Å²) < 4.78 is 5.21. The molecule has 2 heteroatoms. The molecule has 90 valence electrons. The third-order valence-electron chi connectivity index (χ3n) is 3.94. The van der Waals surface area contributed by atoms with Gasteiger partial charge < -0.3 is 9.84 Å². The zero-order valence-electron chi connectivity index (χ0n) is 10.5. The Balaban J connectivity index is 2.68. The lowest BCUT2D eigenvalue weighted by molar-refractivity contribution is -0.109. The molecule has 0 saturated heterocycles. The second-order valence-corrected chi connectivity index (χ2v) is 5.27. The zero-order chi connectivity index (χ0) is 11.3. The maximum absolute atomic E-state index is 10.7. The van der Waals surface area contributed by atoms with Gasteiger partial charge >= 0.3 is 0 Å². The van der Waals surface area contributed by atoms with Crippen LogP contribution < -0.4 is 0 Å². The highest BCUT2D eigenvalue weighted by molar-refractivity contribution is 4.90. The molecule has 0 spiro atoms. The van der Waals surface area contributed by atoms with Crippen LogP contribution >= 0.6 is 0 Å². The summed E-state index contributed by atoms with van der Waals surface area (Å²) in [6.07, 6.45) is 7.53. The summed E-state index contributed by atoms with van der Waals surface area (Å²) in [6, 6.07) is 0. The smallest absolute Gasteiger partial charge is 0.0930 e. The molecule has 2 nitrogen and oxygen atoms in total. The van der Waals surface area contributed by atoms with E-state index in [0.29, 0.717) is 12.5 Å². The molecule has 0 aromatic heterocycles. The Morgan fingerprint density at radius 1 is 1.20 bits per heavy atom. The minimum absolute atomic E-state index is 0.278. The van der Waals surface area contributed by atoms with Crippen LogP contribution in [-0.2, 0) is 4.74 Å². The lowest BCUT2D eigenvalue weighted by Crippen LogP contribution is -2.47. The molecule has 1 saturated carbocycles. The van der Waals surface area contributed by atoms with E-state index >= 15 is 0 Å². The minimum atomic E-state index is -0.612. The molecule has 0 heterocycles. The van der Waals surface area contributed by atoms with Gasteiger partial charge in [-0.1, -0.05) is 39.5 Å². The maximum atomic E-state index is 10.7. The van der Waals surface area contributed by atoms with Crippen molar-refractivity contribution < 1.29 is 9.84 Å². The monoisotopic (exact) mass is 214 g/mol. The first-order valence-electron chi connectivity index (χ1n) is 6.32. The molecule has 0 aliphatic heterocycles. The van der Waals surface area contributed by atoms with E-state index < -0.39 is 5.60 Å². The second-order valence-electron chi connectivity index (χ2n) is 5.27. The van der Waals surface area contributed by atoms with Gasteiger partial charge in [0.05, 0.1) is 12.2 Å². The molecule has 1 unspecified atom stereocenters. The highest BCUT2D eigenvalue weighted by Crippen LogP contribution is 2.36.